The standard InChI is InChI=1S/C14H14N4O2/c1-16(2)7-6-14-12(9-15)11-8-10(18(19)20)4-5-13(11)17(14)3/h4-8H,1-3H3/b7-6+. The largest absolute Gasteiger partial charge is 0.383 e. The van der Waals surface area contributed by atoms with E-state index in [0.29, 0.717) is 10.9 Å². The maximum absolute atomic E-state index is 10.8. The zero-order chi connectivity index (χ0) is 14.9. The molecule has 0 aliphatic heterocycles. The van der Waals surface area contributed by atoms with E-state index in [2.05, 4.69) is 6.07 Å². The van der Waals surface area contributed by atoms with Crippen LogP contribution in [0.15, 0.2) is 24.4 Å². The molecule has 0 radical (unpaired) electrons. The van der Waals surface area contributed by atoms with Crippen LogP contribution in [-0.4, -0.2) is 28.5 Å². The highest BCUT2D eigenvalue weighted by molar-refractivity contribution is 5.92. The summed E-state index contributed by atoms with van der Waals surface area (Å²) in [4.78, 5) is 12.3. The third-order valence-electron chi connectivity index (χ3n) is 3.08. The molecule has 0 bridgehead atoms. The molecule has 0 fully saturated rings. The molecule has 0 aliphatic carbocycles. The highest BCUT2D eigenvalue weighted by atomic mass is 16.6. The Morgan fingerprint density at radius 3 is 2.70 bits per heavy atom. The van der Waals surface area contributed by atoms with Crippen LogP contribution in [0.25, 0.3) is 17.0 Å². The molecule has 20 heavy (non-hydrogen) atoms. The smallest absolute Gasteiger partial charge is 0.270 e. The van der Waals surface area contributed by atoms with Crippen LogP contribution in [0.1, 0.15) is 11.3 Å². The molecule has 2 rings (SSSR count). The molecule has 0 aliphatic rings. The van der Waals surface area contributed by atoms with Gasteiger partial charge in [0, 0.05) is 44.9 Å². The second kappa shape index (κ2) is 5.05. The third-order valence-corrected chi connectivity index (χ3v) is 3.08. The summed E-state index contributed by atoms with van der Waals surface area (Å²) in [5.74, 6) is 0. The van der Waals surface area contributed by atoms with Crippen LogP contribution in [0.2, 0.25) is 0 Å². The molecule has 0 saturated heterocycles. The lowest BCUT2D eigenvalue weighted by atomic mass is 10.1. The van der Waals surface area contributed by atoms with Crippen molar-refractivity contribution in [3.05, 3.63) is 45.8 Å². The van der Waals surface area contributed by atoms with Crippen molar-refractivity contribution < 1.29 is 4.92 Å². The molecule has 102 valence electrons. The average molecular weight is 270 g/mol. The Bertz CT molecular complexity index is 751. The van der Waals surface area contributed by atoms with Gasteiger partial charge in [0.15, 0.2) is 0 Å². The van der Waals surface area contributed by atoms with E-state index in [0.717, 1.165) is 11.2 Å². The summed E-state index contributed by atoms with van der Waals surface area (Å²) in [5, 5.41) is 20.8. The van der Waals surface area contributed by atoms with Gasteiger partial charge in [-0.2, -0.15) is 5.26 Å². The van der Waals surface area contributed by atoms with Gasteiger partial charge in [-0.25, -0.2) is 0 Å². The van der Waals surface area contributed by atoms with E-state index in [1.54, 1.807) is 6.07 Å². The van der Waals surface area contributed by atoms with Crippen molar-refractivity contribution in [3.63, 3.8) is 0 Å². The van der Waals surface area contributed by atoms with Crippen LogP contribution in [0.3, 0.4) is 0 Å². The molecule has 0 spiro atoms. The fourth-order valence-electron chi connectivity index (χ4n) is 2.10. The van der Waals surface area contributed by atoms with Crippen molar-refractivity contribution in [2.75, 3.05) is 14.1 Å². The first-order valence-corrected chi connectivity index (χ1v) is 5.97. The van der Waals surface area contributed by atoms with E-state index in [1.807, 2.05) is 42.9 Å². The van der Waals surface area contributed by atoms with Crippen LogP contribution < -0.4 is 0 Å². The summed E-state index contributed by atoms with van der Waals surface area (Å²) < 4.78 is 1.86. The summed E-state index contributed by atoms with van der Waals surface area (Å²) in [7, 11) is 5.61. The van der Waals surface area contributed by atoms with Crippen LogP contribution in [0.4, 0.5) is 5.69 Å². The molecule has 0 unspecified atom stereocenters. The first kappa shape index (κ1) is 13.6. The Morgan fingerprint density at radius 1 is 1.45 bits per heavy atom. The quantitative estimate of drug-likeness (QED) is 0.634. The zero-order valence-electron chi connectivity index (χ0n) is 11.5. The van der Waals surface area contributed by atoms with Crippen molar-refractivity contribution in [2.24, 2.45) is 7.05 Å². The predicted molar refractivity (Wildman–Crippen MR) is 77.0 cm³/mol. The SMILES string of the molecule is CN(C)/C=C/c1c(C#N)c2cc([N+](=O)[O-])ccc2n1C. The van der Waals surface area contributed by atoms with Crippen molar-refractivity contribution >= 4 is 22.7 Å². The molecule has 1 aromatic heterocycles. The zero-order valence-corrected chi connectivity index (χ0v) is 11.5. The van der Waals surface area contributed by atoms with Gasteiger partial charge in [-0.1, -0.05) is 0 Å². The molecule has 0 N–H and O–H groups in total. The fourth-order valence-corrected chi connectivity index (χ4v) is 2.10. The lowest BCUT2D eigenvalue weighted by Crippen LogP contribution is -2.01. The molecular weight excluding hydrogens is 256 g/mol. The number of aryl methyl sites for hydroxylation is 1. The second-order valence-corrected chi connectivity index (χ2v) is 4.67. The first-order chi connectivity index (χ1) is 9.45. The monoisotopic (exact) mass is 270 g/mol. The van der Waals surface area contributed by atoms with Crippen LogP contribution in [0, 0.1) is 21.4 Å². The van der Waals surface area contributed by atoms with Gasteiger partial charge in [0.05, 0.1) is 21.7 Å². The number of hydrogen-bond donors (Lipinski definition) is 0. The number of benzene rings is 1. The fraction of sp³-hybridized carbons (Fsp3) is 0.214. The van der Waals surface area contributed by atoms with Crippen molar-refractivity contribution in [1.82, 2.24) is 9.47 Å². The Hall–Kier alpha value is -2.81. The lowest BCUT2D eigenvalue weighted by Gasteiger charge is -2.04. The summed E-state index contributed by atoms with van der Waals surface area (Å²) >= 11 is 0. The minimum absolute atomic E-state index is 0.0114. The van der Waals surface area contributed by atoms with Gasteiger partial charge >= 0.3 is 0 Å². The molecule has 0 amide bonds. The number of nitro groups is 1. The number of fused-ring (bicyclic) bond motifs is 1. The normalized spacial score (nSPS) is 10.9. The number of aromatic nitrogens is 1. The second-order valence-electron chi connectivity index (χ2n) is 4.67. The van der Waals surface area contributed by atoms with Crippen LogP contribution in [-0.2, 0) is 7.05 Å². The third kappa shape index (κ3) is 2.21. The molecule has 0 atom stereocenters. The highest BCUT2D eigenvalue weighted by Gasteiger charge is 2.16. The van der Waals surface area contributed by atoms with E-state index in [9.17, 15) is 15.4 Å². The topological polar surface area (TPSA) is 75.1 Å². The molecule has 1 heterocycles. The maximum Gasteiger partial charge on any atom is 0.270 e. The average Bonchev–Trinajstić information content (AvgIpc) is 2.68. The molecular formula is C14H14N4O2. The summed E-state index contributed by atoms with van der Waals surface area (Å²) in [5.41, 5.74) is 1.97. The van der Waals surface area contributed by atoms with E-state index in [4.69, 9.17) is 0 Å². The number of rotatable bonds is 3. The van der Waals surface area contributed by atoms with Crippen LogP contribution in [0.5, 0.6) is 0 Å². The Balaban J connectivity index is 2.74. The van der Waals surface area contributed by atoms with Gasteiger partial charge in [-0.05, 0) is 12.1 Å². The van der Waals surface area contributed by atoms with Gasteiger partial charge in [0.2, 0.25) is 0 Å². The minimum Gasteiger partial charge on any atom is -0.383 e. The van der Waals surface area contributed by atoms with Crippen LogP contribution >= 0.6 is 0 Å². The first-order valence-electron chi connectivity index (χ1n) is 5.97. The number of non-ortho nitro benzene ring substituents is 1. The number of nitrogens with zero attached hydrogens (tertiary/aromatic N) is 4. The molecule has 6 nitrogen and oxygen atoms in total. The molecule has 1 aromatic carbocycles. The predicted octanol–water partition coefficient (Wildman–Crippen LogP) is 2.49. The van der Waals surface area contributed by atoms with Gasteiger partial charge in [0.25, 0.3) is 5.69 Å². The maximum atomic E-state index is 10.8. The van der Waals surface area contributed by atoms with Gasteiger partial charge in [-0.3, -0.25) is 10.1 Å². The molecule has 6 heteroatoms. The number of hydrogen-bond acceptors (Lipinski definition) is 4. The number of nitriles is 1. The highest BCUT2D eigenvalue weighted by Crippen LogP contribution is 2.29. The summed E-state index contributed by atoms with van der Waals surface area (Å²) in [6.07, 6.45) is 3.66. The van der Waals surface area contributed by atoms with Gasteiger partial charge < -0.3 is 9.47 Å². The van der Waals surface area contributed by atoms with Gasteiger partial charge in [-0.15, -0.1) is 0 Å². The Morgan fingerprint density at radius 2 is 2.15 bits per heavy atom. The number of nitro benzene ring substituents is 1. The van der Waals surface area contributed by atoms with E-state index >= 15 is 0 Å². The van der Waals surface area contributed by atoms with E-state index in [1.165, 1.54) is 12.1 Å². The summed E-state index contributed by atoms with van der Waals surface area (Å²) in [6, 6.07) is 6.70. The Labute approximate surface area is 116 Å². The van der Waals surface area contributed by atoms with Crippen molar-refractivity contribution in [2.45, 2.75) is 0 Å². The van der Waals surface area contributed by atoms with Crippen molar-refractivity contribution in [3.8, 4) is 6.07 Å². The van der Waals surface area contributed by atoms with Gasteiger partial charge in [0.1, 0.15) is 6.07 Å². The summed E-state index contributed by atoms with van der Waals surface area (Å²) in [6.45, 7) is 0. The Kier molecular flexibility index (Phi) is 3.44. The minimum atomic E-state index is -0.455. The lowest BCUT2D eigenvalue weighted by molar-refractivity contribution is -0.384. The van der Waals surface area contributed by atoms with Crippen molar-refractivity contribution in [1.29, 1.82) is 5.26 Å². The van der Waals surface area contributed by atoms with E-state index in [-0.39, 0.29) is 5.69 Å². The molecule has 0 saturated carbocycles. The van der Waals surface area contributed by atoms with E-state index < -0.39 is 4.92 Å². The molecule has 2 aromatic rings.